The van der Waals surface area contributed by atoms with E-state index in [0.29, 0.717) is 17.3 Å². The van der Waals surface area contributed by atoms with Gasteiger partial charge in [-0.15, -0.1) is 10.2 Å². The van der Waals surface area contributed by atoms with E-state index < -0.39 is 28.4 Å². The van der Waals surface area contributed by atoms with Crippen molar-refractivity contribution in [3.63, 3.8) is 0 Å². The number of anilines is 2. The molecule has 0 spiro atoms. The van der Waals surface area contributed by atoms with Crippen LogP contribution in [0.15, 0.2) is 40.3 Å². The molecule has 2 aromatic carbocycles. The maximum atomic E-state index is 13.8. The Hall–Kier alpha value is -3.60. The van der Waals surface area contributed by atoms with Crippen molar-refractivity contribution in [3.8, 4) is 11.3 Å². The third-order valence-electron chi connectivity index (χ3n) is 4.56. The summed E-state index contributed by atoms with van der Waals surface area (Å²) in [6.07, 6.45) is 0. The van der Waals surface area contributed by atoms with Gasteiger partial charge in [-0.1, -0.05) is 23.4 Å². The lowest BCUT2D eigenvalue weighted by Gasteiger charge is -2.14. The number of nitrogens with zero attached hydrogens (tertiary/aromatic N) is 2. The Morgan fingerprint density at radius 3 is 2.45 bits per heavy atom. The van der Waals surface area contributed by atoms with Crippen LogP contribution < -0.4 is 16.2 Å². The van der Waals surface area contributed by atoms with Gasteiger partial charge in [-0.2, -0.15) is 0 Å². The first-order chi connectivity index (χ1) is 15.5. The minimum atomic E-state index is -0.901. The molecule has 0 aliphatic rings. The number of nitrogens with one attached hydrogen (secondary N) is 3. The first-order valence-electron chi connectivity index (χ1n) is 9.84. The molecule has 0 aliphatic heterocycles. The third kappa shape index (κ3) is 5.80. The van der Waals surface area contributed by atoms with Gasteiger partial charge in [-0.25, -0.2) is 8.78 Å². The zero-order valence-electron chi connectivity index (χ0n) is 18.2. The Morgan fingerprint density at radius 2 is 1.82 bits per heavy atom. The topological polar surface area (TPSA) is 117 Å². The first-order valence-corrected chi connectivity index (χ1v) is 10.7. The van der Waals surface area contributed by atoms with E-state index in [2.05, 4.69) is 25.8 Å². The van der Waals surface area contributed by atoms with Crippen LogP contribution in [0, 0.1) is 25.5 Å². The van der Waals surface area contributed by atoms with Crippen molar-refractivity contribution in [1.82, 2.24) is 15.2 Å². The van der Waals surface area contributed by atoms with Gasteiger partial charge in [0.15, 0.2) is 10.9 Å². The van der Waals surface area contributed by atoms with E-state index >= 15 is 0 Å². The van der Waals surface area contributed by atoms with Crippen molar-refractivity contribution >= 4 is 35.0 Å². The summed E-state index contributed by atoms with van der Waals surface area (Å²) in [6.45, 7) is 6.55. The number of hydrogen-bond acceptors (Lipinski definition) is 6. The lowest BCUT2D eigenvalue weighted by Crippen LogP contribution is -2.24. The van der Waals surface area contributed by atoms with E-state index in [4.69, 9.17) is 0 Å². The number of benzene rings is 2. The molecule has 1 aromatic heterocycles. The lowest BCUT2D eigenvalue weighted by atomic mass is 10.0. The normalized spacial score (nSPS) is 11.7. The van der Waals surface area contributed by atoms with Crippen molar-refractivity contribution in [1.29, 1.82) is 0 Å². The van der Waals surface area contributed by atoms with Crippen LogP contribution in [0.4, 0.5) is 20.2 Å². The fourth-order valence-corrected chi connectivity index (χ4v) is 3.83. The monoisotopic (exact) mass is 473 g/mol. The second kappa shape index (κ2) is 9.90. The van der Waals surface area contributed by atoms with Gasteiger partial charge in [0.1, 0.15) is 11.6 Å². The smallest absolute Gasteiger partial charge is 0.278 e. The molecule has 0 saturated carbocycles. The zero-order valence-corrected chi connectivity index (χ0v) is 19.1. The van der Waals surface area contributed by atoms with Crippen LogP contribution in [0.5, 0.6) is 0 Å². The number of rotatable bonds is 6. The van der Waals surface area contributed by atoms with E-state index in [1.54, 1.807) is 13.0 Å². The molecule has 0 fully saturated rings. The molecule has 3 N–H and O–H groups in total. The number of aryl methyl sites for hydroxylation is 2. The lowest BCUT2D eigenvalue weighted by molar-refractivity contribution is -0.115. The van der Waals surface area contributed by atoms with Gasteiger partial charge in [-0.05, 0) is 44.5 Å². The summed E-state index contributed by atoms with van der Waals surface area (Å²) >= 11 is 0.912. The highest BCUT2D eigenvalue weighted by molar-refractivity contribution is 8.00. The maximum absolute atomic E-state index is 13.8. The summed E-state index contributed by atoms with van der Waals surface area (Å²) in [4.78, 5) is 39.3. The first kappa shape index (κ1) is 24.1. The Kier molecular flexibility index (Phi) is 7.22. The molecule has 0 aliphatic carbocycles. The van der Waals surface area contributed by atoms with E-state index in [-0.39, 0.29) is 22.4 Å². The Bertz CT molecular complexity index is 1300. The second-order valence-electron chi connectivity index (χ2n) is 7.37. The highest BCUT2D eigenvalue weighted by Gasteiger charge is 2.20. The summed E-state index contributed by atoms with van der Waals surface area (Å²) in [6, 6.07) is 6.40. The van der Waals surface area contributed by atoms with Crippen molar-refractivity contribution < 1.29 is 18.4 Å². The third-order valence-corrected chi connectivity index (χ3v) is 5.53. The van der Waals surface area contributed by atoms with Crippen molar-refractivity contribution in [3.05, 3.63) is 63.4 Å². The Morgan fingerprint density at radius 1 is 1.09 bits per heavy atom. The molecule has 33 heavy (non-hydrogen) atoms. The minimum absolute atomic E-state index is 0.0142. The number of carbonyl (C=O) groups excluding carboxylic acids is 2. The van der Waals surface area contributed by atoms with Crippen molar-refractivity contribution in [2.75, 3.05) is 10.6 Å². The predicted molar refractivity (Wildman–Crippen MR) is 122 cm³/mol. The van der Waals surface area contributed by atoms with Crippen LogP contribution in [-0.4, -0.2) is 32.2 Å². The summed E-state index contributed by atoms with van der Waals surface area (Å²) in [7, 11) is 0. The van der Waals surface area contributed by atoms with E-state index in [1.165, 1.54) is 13.8 Å². The molecule has 11 heteroatoms. The molecule has 0 radical (unpaired) electrons. The minimum Gasteiger partial charge on any atom is -0.325 e. The van der Waals surface area contributed by atoms with Crippen molar-refractivity contribution in [2.45, 2.75) is 38.1 Å². The maximum Gasteiger partial charge on any atom is 0.278 e. The zero-order chi connectivity index (χ0) is 24.3. The number of aromatic amines is 1. The van der Waals surface area contributed by atoms with E-state index in [1.807, 2.05) is 13.0 Å². The molecule has 3 aromatic rings. The van der Waals surface area contributed by atoms with Crippen LogP contribution in [0.1, 0.15) is 25.0 Å². The SMILES string of the molecule is CC(=O)Nc1c(C)cc(C)cc1-c1nnc(S[C@@H](C)C(=O)Nc2ccc(F)cc2F)[nH]c1=O. The standard InChI is InChI=1S/C22H21F2N5O3S/c1-10-7-11(2)18(25-13(4)30)15(8-10)19-21(32)27-22(29-28-19)33-12(3)20(31)26-17-6-5-14(23)9-16(17)24/h5-9,12H,1-4H3,(H,25,30)(H,26,31)(H,27,29,32)/t12-/m0/s1. The highest BCUT2D eigenvalue weighted by atomic mass is 32.2. The number of hydrogen-bond donors (Lipinski definition) is 3. The van der Waals surface area contributed by atoms with Crippen molar-refractivity contribution in [2.24, 2.45) is 0 Å². The van der Waals surface area contributed by atoms with E-state index in [9.17, 15) is 23.2 Å². The summed E-state index contributed by atoms with van der Waals surface area (Å²) < 4.78 is 26.8. The molecule has 2 amide bonds. The molecular formula is C22H21F2N5O3S. The largest absolute Gasteiger partial charge is 0.325 e. The average Bonchev–Trinajstić information content (AvgIpc) is 2.72. The van der Waals surface area contributed by atoms with E-state index in [0.717, 1.165) is 35.0 Å². The predicted octanol–water partition coefficient (Wildman–Crippen LogP) is 3.80. The van der Waals surface area contributed by atoms with Gasteiger partial charge in [-0.3, -0.25) is 19.4 Å². The molecule has 8 nitrogen and oxygen atoms in total. The molecule has 172 valence electrons. The van der Waals surface area contributed by atoms with Gasteiger partial charge >= 0.3 is 0 Å². The van der Waals surface area contributed by atoms with Crippen LogP contribution in [0.3, 0.4) is 0 Å². The van der Waals surface area contributed by atoms with Gasteiger partial charge in [0.2, 0.25) is 11.8 Å². The number of thioether (sulfide) groups is 1. The molecule has 0 saturated heterocycles. The average molecular weight is 474 g/mol. The van der Waals surface area contributed by atoms with Gasteiger partial charge in [0, 0.05) is 18.6 Å². The molecule has 0 unspecified atom stereocenters. The molecule has 1 heterocycles. The van der Waals surface area contributed by atoms with Gasteiger partial charge in [0.25, 0.3) is 5.56 Å². The molecule has 1 atom stereocenters. The number of H-pyrrole nitrogens is 1. The number of amides is 2. The highest BCUT2D eigenvalue weighted by Crippen LogP contribution is 2.30. The fourth-order valence-electron chi connectivity index (χ4n) is 3.09. The molecular weight excluding hydrogens is 452 g/mol. The van der Waals surface area contributed by atoms with Gasteiger partial charge in [0.05, 0.1) is 16.6 Å². The number of aromatic nitrogens is 3. The molecule has 0 bridgehead atoms. The summed E-state index contributed by atoms with van der Waals surface area (Å²) in [5, 5.41) is 12.4. The van der Waals surface area contributed by atoms with Crippen LogP contribution in [-0.2, 0) is 9.59 Å². The quantitative estimate of drug-likeness (QED) is 0.469. The second-order valence-corrected chi connectivity index (χ2v) is 8.70. The Labute approximate surface area is 192 Å². The summed E-state index contributed by atoms with van der Waals surface area (Å²) in [5.41, 5.74) is 1.81. The van der Waals surface area contributed by atoms with Gasteiger partial charge < -0.3 is 10.6 Å². The fraction of sp³-hybridized carbons (Fsp3) is 0.227. The number of carbonyl (C=O) groups is 2. The van der Waals surface area contributed by atoms with Crippen LogP contribution >= 0.6 is 11.8 Å². The van der Waals surface area contributed by atoms with Crippen LogP contribution in [0.25, 0.3) is 11.3 Å². The summed E-state index contributed by atoms with van der Waals surface area (Å²) in [5.74, 6) is -2.52. The number of halogens is 2. The van der Waals surface area contributed by atoms with Crippen LogP contribution in [0.2, 0.25) is 0 Å². The molecule has 3 rings (SSSR count). The Balaban J connectivity index is 1.82.